The van der Waals surface area contributed by atoms with Crippen LogP contribution in [0.25, 0.3) is 0 Å². The number of terminal acetylenes is 1. The van der Waals surface area contributed by atoms with Crippen LogP contribution in [-0.4, -0.2) is 13.7 Å². The van der Waals surface area contributed by atoms with E-state index in [1.807, 2.05) is 0 Å². The summed E-state index contributed by atoms with van der Waals surface area (Å²) in [6.45, 7) is 0.601. The molecule has 0 spiro atoms. The van der Waals surface area contributed by atoms with Gasteiger partial charge in [0.05, 0.1) is 6.61 Å². The Balaban J connectivity index is 2.97. The topological polar surface area (TPSA) is 9.23 Å². The number of hydrogen-bond acceptors (Lipinski definition) is 1. The minimum absolute atomic E-state index is 0.601. The van der Waals surface area contributed by atoms with Gasteiger partial charge >= 0.3 is 0 Å². The summed E-state index contributed by atoms with van der Waals surface area (Å²) in [6.07, 6.45) is 8.27. The van der Waals surface area contributed by atoms with Crippen LogP contribution in [0.3, 0.4) is 0 Å². The molecular weight excluding hydrogens is 88.1 g/mol. The van der Waals surface area contributed by atoms with Crippen LogP contribution < -0.4 is 0 Å². The molecule has 0 rings (SSSR count). The molecular formula is C6H8O. The fourth-order valence-electron chi connectivity index (χ4n) is 0.212. The van der Waals surface area contributed by atoms with E-state index in [0.29, 0.717) is 6.61 Å². The lowest BCUT2D eigenvalue weighted by Crippen LogP contribution is -1.78. The van der Waals surface area contributed by atoms with Crippen molar-refractivity contribution < 1.29 is 4.74 Å². The molecule has 38 valence electrons. The molecule has 0 bridgehead atoms. The Hall–Kier alpha value is -0.740. The highest BCUT2D eigenvalue weighted by Gasteiger charge is 1.64. The van der Waals surface area contributed by atoms with Gasteiger partial charge < -0.3 is 4.74 Å². The van der Waals surface area contributed by atoms with E-state index >= 15 is 0 Å². The Morgan fingerprint density at radius 1 is 1.86 bits per heavy atom. The van der Waals surface area contributed by atoms with Gasteiger partial charge in [-0.3, -0.25) is 0 Å². The third-order valence-electron chi connectivity index (χ3n) is 0.477. The van der Waals surface area contributed by atoms with Gasteiger partial charge in [0.2, 0.25) is 0 Å². The van der Waals surface area contributed by atoms with Crippen LogP contribution in [0.2, 0.25) is 0 Å². The maximum Gasteiger partial charge on any atom is 0.0652 e. The van der Waals surface area contributed by atoms with Crippen molar-refractivity contribution in [1.82, 2.24) is 0 Å². The molecule has 0 saturated heterocycles. The predicted molar refractivity (Wildman–Crippen MR) is 29.8 cm³/mol. The molecule has 0 aromatic carbocycles. The van der Waals surface area contributed by atoms with Crippen LogP contribution in [-0.2, 0) is 4.74 Å². The molecule has 0 unspecified atom stereocenters. The van der Waals surface area contributed by atoms with Crippen molar-refractivity contribution in [3.05, 3.63) is 12.2 Å². The summed E-state index contributed by atoms with van der Waals surface area (Å²) in [4.78, 5) is 0. The average Bonchev–Trinajstić information content (AvgIpc) is 1.69. The molecule has 0 atom stereocenters. The van der Waals surface area contributed by atoms with Crippen LogP contribution in [0.4, 0.5) is 0 Å². The average molecular weight is 96.1 g/mol. The summed E-state index contributed by atoms with van der Waals surface area (Å²) in [6, 6.07) is 0. The number of allylic oxidation sites excluding steroid dienone is 1. The maximum absolute atomic E-state index is 4.88. The van der Waals surface area contributed by atoms with Crippen LogP contribution >= 0.6 is 0 Å². The SMILES string of the molecule is C#CC=CCOC. The van der Waals surface area contributed by atoms with Gasteiger partial charge in [-0.2, -0.15) is 0 Å². The highest BCUT2D eigenvalue weighted by Crippen LogP contribution is 1.68. The standard InChI is InChI=1S/C6H8O/c1-3-4-5-6-7-2/h1,4-5H,6H2,2H3. The molecule has 1 heteroatoms. The van der Waals surface area contributed by atoms with Gasteiger partial charge in [0.1, 0.15) is 0 Å². The molecule has 0 fully saturated rings. The predicted octanol–water partition coefficient (Wildman–Crippen LogP) is 0.822. The van der Waals surface area contributed by atoms with Gasteiger partial charge in [0, 0.05) is 7.11 Å². The number of methoxy groups -OCH3 is 1. The Morgan fingerprint density at radius 3 is 3.00 bits per heavy atom. The fourth-order valence-corrected chi connectivity index (χ4v) is 0.212. The first-order valence-corrected chi connectivity index (χ1v) is 2.02. The zero-order valence-electron chi connectivity index (χ0n) is 4.35. The molecule has 0 heterocycles. The molecule has 0 radical (unpaired) electrons. The van der Waals surface area contributed by atoms with Crippen molar-refractivity contribution in [1.29, 1.82) is 0 Å². The van der Waals surface area contributed by atoms with Crippen LogP contribution in [0, 0.1) is 12.3 Å². The maximum atomic E-state index is 4.88. The molecule has 0 N–H and O–H groups in total. The van der Waals surface area contributed by atoms with E-state index in [0.717, 1.165) is 0 Å². The molecule has 0 aromatic heterocycles. The highest BCUT2D eigenvalue weighted by atomic mass is 16.5. The zero-order chi connectivity index (χ0) is 5.54. The zero-order valence-corrected chi connectivity index (χ0v) is 4.35. The lowest BCUT2D eigenvalue weighted by molar-refractivity contribution is 0.234. The Morgan fingerprint density at radius 2 is 2.57 bits per heavy atom. The van der Waals surface area contributed by atoms with Crippen molar-refractivity contribution >= 4 is 0 Å². The highest BCUT2D eigenvalue weighted by molar-refractivity contribution is 5.08. The third-order valence-corrected chi connectivity index (χ3v) is 0.477. The minimum Gasteiger partial charge on any atom is -0.381 e. The fraction of sp³-hybridized carbons (Fsp3) is 0.333. The third kappa shape index (κ3) is 5.26. The normalized spacial score (nSPS) is 9.14. The lowest BCUT2D eigenvalue weighted by Gasteiger charge is -1.81. The Bertz CT molecular complexity index is 86.8. The van der Waals surface area contributed by atoms with E-state index in [2.05, 4.69) is 10.7 Å². The molecule has 0 amide bonds. The van der Waals surface area contributed by atoms with Crippen LogP contribution in [0.15, 0.2) is 12.2 Å². The van der Waals surface area contributed by atoms with E-state index in [-0.39, 0.29) is 0 Å². The van der Waals surface area contributed by atoms with Crippen molar-refractivity contribution in [2.45, 2.75) is 0 Å². The van der Waals surface area contributed by atoms with Gasteiger partial charge in [-0.1, -0.05) is 12.0 Å². The van der Waals surface area contributed by atoms with E-state index in [4.69, 9.17) is 6.42 Å². The molecule has 0 aromatic rings. The van der Waals surface area contributed by atoms with Crippen molar-refractivity contribution in [3.63, 3.8) is 0 Å². The van der Waals surface area contributed by atoms with Gasteiger partial charge in [-0.25, -0.2) is 0 Å². The quantitative estimate of drug-likeness (QED) is 0.462. The van der Waals surface area contributed by atoms with Crippen molar-refractivity contribution in [2.24, 2.45) is 0 Å². The summed E-state index contributed by atoms with van der Waals surface area (Å²) in [5.74, 6) is 2.34. The largest absolute Gasteiger partial charge is 0.381 e. The second kappa shape index (κ2) is 5.26. The molecule has 0 aliphatic rings. The molecule has 7 heavy (non-hydrogen) atoms. The smallest absolute Gasteiger partial charge is 0.0652 e. The minimum atomic E-state index is 0.601. The first-order chi connectivity index (χ1) is 3.41. The molecule has 0 aliphatic heterocycles. The first-order valence-electron chi connectivity index (χ1n) is 2.02. The monoisotopic (exact) mass is 96.1 g/mol. The molecule has 1 nitrogen and oxygen atoms in total. The number of rotatable bonds is 2. The van der Waals surface area contributed by atoms with Gasteiger partial charge in [0.15, 0.2) is 0 Å². The number of ether oxygens (including phenoxy) is 1. The number of hydrogen-bond donors (Lipinski definition) is 0. The van der Waals surface area contributed by atoms with E-state index in [1.165, 1.54) is 0 Å². The lowest BCUT2D eigenvalue weighted by atomic mass is 10.5. The van der Waals surface area contributed by atoms with Crippen molar-refractivity contribution in [3.8, 4) is 12.3 Å². The second-order valence-corrected chi connectivity index (χ2v) is 1.02. The summed E-state index contributed by atoms with van der Waals surface area (Å²) >= 11 is 0. The Labute approximate surface area is 44.0 Å². The summed E-state index contributed by atoms with van der Waals surface area (Å²) < 4.78 is 4.66. The van der Waals surface area contributed by atoms with Gasteiger partial charge in [0.25, 0.3) is 0 Å². The van der Waals surface area contributed by atoms with Gasteiger partial charge in [-0.15, -0.1) is 6.42 Å². The molecule has 0 aliphatic carbocycles. The van der Waals surface area contributed by atoms with E-state index in [9.17, 15) is 0 Å². The van der Waals surface area contributed by atoms with Crippen LogP contribution in [0.5, 0.6) is 0 Å². The summed E-state index contributed by atoms with van der Waals surface area (Å²) in [5.41, 5.74) is 0. The van der Waals surface area contributed by atoms with E-state index < -0.39 is 0 Å². The van der Waals surface area contributed by atoms with Gasteiger partial charge in [-0.05, 0) is 6.08 Å². The van der Waals surface area contributed by atoms with Crippen molar-refractivity contribution in [2.75, 3.05) is 13.7 Å². The second-order valence-electron chi connectivity index (χ2n) is 1.02. The summed E-state index contributed by atoms with van der Waals surface area (Å²) in [7, 11) is 1.63. The van der Waals surface area contributed by atoms with Crippen LogP contribution in [0.1, 0.15) is 0 Å². The Kier molecular flexibility index (Phi) is 4.70. The first kappa shape index (κ1) is 6.26. The van der Waals surface area contributed by atoms with E-state index in [1.54, 1.807) is 19.3 Å². The summed E-state index contributed by atoms with van der Waals surface area (Å²) in [5, 5.41) is 0. The molecule has 0 saturated carbocycles.